The molecule has 1 saturated heterocycles. The first-order valence-electron chi connectivity index (χ1n) is 11.1. The van der Waals surface area contributed by atoms with Crippen LogP contribution in [0.15, 0.2) is 58.1 Å². The molecule has 1 aliphatic heterocycles. The molecule has 0 saturated carbocycles. The summed E-state index contributed by atoms with van der Waals surface area (Å²) in [5.41, 5.74) is 4.08. The predicted molar refractivity (Wildman–Crippen MR) is 135 cm³/mol. The highest BCUT2D eigenvalue weighted by atomic mass is 32.1. The number of nitrogens with zero attached hydrogens (tertiary/aromatic N) is 5. The number of carbonyl (C=O) groups excluding carboxylic acids is 1. The van der Waals surface area contributed by atoms with E-state index in [0.29, 0.717) is 54.5 Å². The number of anilines is 1. The van der Waals surface area contributed by atoms with Gasteiger partial charge in [-0.25, -0.2) is 9.97 Å². The maximum atomic E-state index is 13.2. The second-order valence-corrected chi connectivity index (χ2v) is 9.08. The van der Waals surface area contributed by atoms with Crippen molar-refractivity contribution in [2.24, 2.45) is 0 Å². The minimum Gasteiger partial charge on any atom is -0.353 e. The molecule has 2 N–H and O–H groups in total. The van der Waals surface area contributed by atoms with Crippen LogP contribution in [0, 0.1) is 11.3 Å². The largest absolute Gasteiger partial charge is 0.353 e. The summed E-state index contributed by atoms with van der Waals surface area (Å²) in [6.45, 7) is 2.29. The molecule has 1 fully saturated rings. The normalized spacial score (nSPS) is 13.9. The van der Waals surface area contributed by atoms with E-state index in [2.05, 4.69) is 26.0 Å². The lowest BCUT2D eigenvalue weighted by molar-refractivity contribution is 0.0746. The van der Waals surface area contributed by atoms with Crippen molar-refractivity contribution in [3.8, 4) is 17.5 Å². The molecular weight excluding hydrogens is 462 g/mol. The quantitative estimate of drug-likeness (QED) is 0.408. The van der Waals surface area contributed by atoms with Crippen molar-refractivity contribution < 1.29 is 4.79 Å². The number of pyridine rings is 1. The van der Waals surface area contributed by atoms with Gasteiger partial charge in [0.05, 0.1) is 22.3 Å². The zero-order chi connectivity index (χ0) is 23.9. The number of amides is 1. The fourth-order valence-electron chi connectivity index (χ4n) is 4.44. The van der Waals surface area contributed by atoms with E-state index < -0.39 is 0 Å². The first-order chi connectivity index (χ1) is 17.1. The highest BCUT2D eigenvalue weighted by Gasteiger charge is 2.24. The molecule has 1 aliphatic rings. The van der Waals surface area contributed by atoms with Crippen molar-refractivity contribution in [1.82, 2.24) is 24.8 Å². The van der Waals surface area contributed by atoms with Crippen LogP contribution in [-0.2, 0) is 0 Å². The highest BCUT2D eigenvalue weighted by molar-refractivity contribution is 7.09. The van der Waals surface area contributed by atoms with Crippen LogP contribution in [0.4, 0.5) is 5.82 Å². The van der Waals surface area contributed by atoms with Gasteiger partial charge in [-0.3, -0.25) is 9.59 Å². The Bertz CT molecular complexity index is 1690. The van der Waals surface area contributed by atoms with Crippen LogP contribution in [0.5, 0.6) is 0 Å². The van der Waals surface area contributed by atoms with Crippen molar-refractivity contribution in [2.75, 3.05) is 31.1 Å². The summed E-state index contributed by atoms with van der Waals surface area (Å²) >= 11 is 1.48. The molecule has 0 spiro atoms. The van der Waals surface area contributed by atoms with Gasteiger partial charge in [-0.2, -0.15) is 5.26 Å². The van der Waals surface area contributed by atoms with Crippen molar-refractivity contribution in [1.29, 1.82) is 5.26 Å². The number of nitriles is 1. The van der Waals surface area contributed by atoms with E-state index in [1.807, 2.05) is 38.8 Å². The van der Waals surface area contributed by atoms with E-state index in [-0.39, 0.29) is 11.5 Å². The Morgan fingerprint density at radius 1 is 1.06 bits per heavy atom. The smallest absolute Gasteiger partial charge is 0.276 e. The molecule has 0 bridgehead atoms. The topological polar surface area (TPSA) is 122 Å². The lowest BCUT2D eigenvalue weighted by Crippen LogP contribution is -2.49. The number of hydrogen-bond donors (Lipinski definition) is 2. The molecule has 0 aliphatic carbocycles. The van der Waals surface area contributed by atoms with Crippen LogP contribution in [0.3, 0.4) is 0 Å². The SMILES string of the molecule is N#Cc1cccnc1N1CCN(C(=O)c2ccc3[nH]c(-c4nc5cscc5[nH]c4=O)cc3c2)CC1. The van der Waals surface area contributed by atoms with E-state index in [0.717, 1.165) is 21.9 Å². The van der Waals surface area contributed by atoms with Gasteiger partial charge in [-0.15, -0.1) is 11.3 Å². The Balaban J connectivity index is 1.23. The van der Waals surface area contributed by atoms with Gasteiger partial charge in [0.2, 0.25) is 0 Å². The summed E-state index contributed by atoms with van der Waals surface area (Å²) in [6, 6.07) is 13.0. The van der Waals surface area contributed by atoms with Crippen LogP contribution in [0.2, 0.25) is 0 Å². The molecule has 6 rings (SSSR count). The monoisotopic (exact) mass is 481 g/mol. The first kappa shape index (κ1) is 21.1. The number of fused-ring (bicyclic) bond motifs is 2. The number of carbonyl (C=O) groups is 1. The fraction of sp³-hybridized carbons (Fsp3) is 0.160. The standard InChI is InChI=1S/C25H19N7O2S/c26-12-16-2-1-5-27-23(16)31-6-8-32(9-7-31)25(34)15-3-4-18-17(10-15)11-19(28-18)22-24(33)30-21-14-35-13-20(21)29-22/h1-5,10-11,13-14,28H,6-9H2,(H,30,33). The summed E-state index contributed by atoms with van der Waals surface area (Å²) in [5, 5.41) is 13.9. The third-order valence-corrected chi connectivity index (χ3v) is 6.96. The second kappa shape index (κ2) is 8.38. The highest BCUT2D eigenvalue weighted by Crippen LogP contribution is 2.25. The van der Waals surface area contributed by atoms with Crippen LogP contribution < -0.4 is 10.5 Å². The number of H-pyrrole nitrogens is 2. The summed E-state index contributed by atoms with van der Waals surface area (Å²) < 4.78 is 0. The number of thiophene rings is 1. The second-order valence-electron chi connectivity index (χ2n) is 8.34. The summed E-state index contributed by atoms with van der Waals surface area (Å²) in [6.07, 6.45) is 1.68. The molecule has 1 amide bonds. The molecule has 4 aromatic heterocycles. The molecule has 0 unspecified atom stereocenters. The number of nitrogens with one attached hydrogen (secondary N) is 2. The third-order valence-electron chi connectivity index (χ3n) is 6.23. The summed E-state index contributed by atoms with van der Waals surface area (Å²) in [5.74, 6) is 0.610. The maximum absolute atomic E-state index is 13.2. The zero-order valence-electron chi connectivity index (χ0n) is 18.5. The van der Waals surface area contributed by atoms with E-state index in [1.54, 1.807) is 24.4 Å². The van der Waals surface area contributed by atoms with Crippen LogP contribution in [0.25, 0.3) is 33.3 Å². The Morgan fingerprint density at radius 2 is 1.91 bits per heavy atom. The number of aromatic nitrogens is 4. The average Bonchev–Trinajstić information content (AvgIpc) is 3.53. The Morgan fingerprint density at radius 3 is 2.74 bits per heavy atom. The molecule has 9 nitrogen and oxygen atoms in total. The zero-order valence-corrected chi connectivity index (χ0v) is 19.3. The maximum Gasteiger partial charge on any atom is 0.276 e. The van der Waals surface area contributed by atoms with Crippen molar-refractivity contribution in [3.05, 3.63) is 74.8 Å². The lowest BCUT2D eigenvalue weighted by Gasteiger charge is -2.35. The van der Waals surface area contributed by atoms with Gasteiger partial charge in [0.15, 0.2) is 5.69 Å². The van der Waals surface area contributed by atoms with Crippen molar-refractivity contribution in [3.63, 3.8) is 0 Å². The third kappa shape index (κ3) is 3.72. The molecular formula is C25H19N7O2S. The molecule has 0 radical (unpaired) electrons. The summed E-state index contributed by atoms with van der Waals surface area (Å²) in [7, 11) is 0. The van der Waals surface area contributed by atoms with E-state index >= 15 is 0 Å². The number of benzene rings is 1. The minimum atomic E-state index is -0.260. The van der Waals surface area contributed by atoms with E-state index in [1.165, 1.54) is 11.3 Å². The molecule has 5 aromatic rings. The number of rotatable bonds is 3. The van der Waals surface area contributed by atoms with Crippen molar-refractivity contribution >= 4 is 45.0 Å². The van der Waals surface area contributed by atoms with E-state index in [4.69, 9.17) is 0 Å². The molecule has 0 atom stereocenters. The van der Waals surface area contributed by atoms with Crippen LogP contribution >= 0.6 is 11.3 Å². The van der Waals surface area contributed by atoms with Crippen molar-refractivity contribution in [2.45, 2.75) is 0 Å². The Labute approximate surface area is 203 Å². The first-order valence-corrected chi connectivity index (χ1v) is 12.0. The van der Waals surface area contributed by atoms with Crippen LogP contribution in [0.1, 0.15) is 15.9 Å². The number of hydrogen-bond acceptors (Lipinski definition) is 7. The molecule has 1 aromatic carbocycles. The molecule has 172 valence electrons. The Kier molecular flexibility index (Phi) is 5.04. The lowest BCUT2D eigenvalue weighted by atomic mass is 10.1. The number of piperazine rings is 1. The van der Waals surface area contributed by atoms with Gasteiger partial charge in [-0.1, -0.05) is 0 Å². The minimum absolute atomic E-state index is 0.0495. The van der Waals surface area contributed by atoms with E-state index in [9.17, 15) is 14.9 Å². The van der Waals surface area contributed by atoms with Gasteiger partial charge in [-0.05, 0) is 36.4 Å². The average molecular weight is 482 g/mol. The summed E-state index contributed by atoms with van der Waals surface area (Å²) in [4.78, 5) is 44.6. The number of aromatic amines is 2. The van der Waals surface area contributed by atoms with Gasteiger partial charge in [0, 0.05) is 59.6 Å². The van der Waals surface area contributed by atoms with Crippen LogP contribution in [-0.4, -0.2) is 56.9 Å². The fourth-order valence-corrected chi connectivity index (χ4v) is 5.13. The Hall–Kier alpha value is -4.49. The van der Waals surface area contributed by atoms with Gasteiger partial charge < -0.3 is 19.8 Å². The van der Waals surface area contributed by atoms with Gasteiger partial charge in [0.25, 0.3) is 11.5 Å². The van der Waals surface area contributed by atoms with Gasteiger partial charge in [0.1, 0.15) is 11.9 Å². The molecule has 10 heteroatoms. The molecule has 5 heterocycles. The molecule has 35 heavy (non-hydrogen) atoms. The van der Waals surface area contributed by atoms with Gasteiger partial charge >= 0.3 is 0 Å². The predicted octanol–water partition coefficient (Wildman–Crippen LogP) is 3.36.